The van der Waals surface area contributed by atoms with Crippen LogP contribution in [0.5, 0.6) is 5.75 Å². The number of halogens is 1. The van der Waals surface area contributed by atoms with E-state index in [0.29, 0.717) is 18.3 Å². The summed E-state index contributed by atoms with van der Waals surface area (Å²) in [5.41, 5.74) is 2.18. The second kappa shape index (κ2) is 5.37. The number of rotatable bonds is 3. The molecule has 3 rings (SSSR count). The molecule has 1 aromatic carbocycles. The lowest BCUT2D eigenvalue weighted by Gasteiger charge is -1.99. The van der Waals surface area contributed by atoms with Crippen molar-refractivity contribution in [1.29, 1.82) is 0 Å². The maximum absolute atomic E-state index is 5.46. The molecule has 0 spiro atoms. The van der Waals surface area contributed by atoms with Crippen molar-refractivity contribution >= 4 is 12.4 Å². The number of aromatic nitrogens is 2. The van der Waals surface area contributed by atoms with Crippen LogP contribution in [0.25, 0.3) is 11.4 Å². The van der Waals surface area contributed by atoms with E-state index in [1.54, 1.807) is 0 Å². The lowest BCUT2D eigenvalue weighted by Crippen LogP contribution is -2.04. The zero-order valence-electron chi connectivity index (χ0n) is 9.97. The summed E-state index contributed by atoms with van der Waals surface area (Å²) in [5.74, 6) is 2.19. The third-order valence-corrected chi connectivity index (χ3v) is 2.74. The quantitative estimate of drug-likeness (QED) is 0.919. The molecule has 0 aliphatic carbocycles. The van der Waals surface area contributed by atoms with Crippen LogP contribution in [0.2, 0.25) is 0 Å². The van der Waals surface area contributed by atoms with Crippen molar-refractivity contribution in [2.45, 2.75) is 13.0 Å². The summed E-state index contributed by atoms with van der Waals surface area (Å²) >= 11 is 0. The van der Waals surface area contributed by atoms with Gasteiger partial charge in [0.25, 0.3) is 0 Å². The van der Waals surface area contributed by atoms with Gasteiger partial charge in [-0.05, 0) is 30.8 Å². The SMILES string of the molecule is CNCc1nc(-c2ccc3c(c2)CCO3)no1.Cl. The van der Waals surface area contributed by atoms with Crippen molar-refractivity contribution in [3.8, 4) is 17.1 Å². The Morgan fingerprint density at radius 2 is 2.28 bits per heavy atom. The molecule has 2 heterocycles. The summed E-state index contributed by atoms with van der Waals surface area (Å²) in [6, 6.07) is 5.99. The molecule has 0 unspecified atom stereocenters. The Hall–Kier alpha value is -1.59. The Labute approximate surface area is 111 Å². The van der Waals surface area contributed by atoms with E-state index in [0.717, 1.165) is 24.3 Å². The molecule has 2 aromatic rings. The minimum Gasteiger partial charge on any atom is -0.493 e. The van der Waals surface area contributed by atoms with Gasteiger partial charge in [-0.25, -0.2) is 0 Å². The number of nitrogens with zero attached hydrogens (tertiary/aromatic N) is 2. The molecule has 18 heavy (non-hydrogen) atoms. The highest BCUT2D eigenvalue weighted by atomic mass is 35.5. The highest BCUT2D eigenvalue weighted by Crippen LogP contribution is 2.29. The number of nitrogens with one attached hydrogen (secondary N) is 1. The second-order valence-electron chi connectivity index (χ2n) is 3.96. The van der Waals surface area contributed by atoms with Crippen molar-refractivity contribution in [3.05, 3.63) is 29.7 Å². The molecule has 0 atom stereocenters. The van der Waals surface area contributed by atoms with E-state index in [4.69, 9.17) is 9.26 Å². The second-order valence-corrected chi connectivity index (χ2v) is 3.96. The first-order valence-electron chi connectivity index (χ1n) is 5.60. The minimum atomic E-state index is 0. The Morgan fingerprint density at radius 1 is 1.39 bits per heavy atom. The number of hydrogen-bond acceptors (Lipinski definition) is 5. The van der Waals surface area contributed by atoms with Crippen molar-refractivity contribution in [2.24, 2.45) is 0 Å². The molecular formula is C12H14ClN3O2. The fraction of sp³-hybridized carbons (Fsp3) is 0.333. The summed E-state index contributed by atoms with van der Waals surface area (Å²) in [4.78, 5) is 4.31. The Kier molecular flexibility index (Phi) is 3.84. The van der Waals surface area contributed by atoms with Gasteiger partial charge in [-0.15, -0.1) is 12.4 Å². The van der Waals surface area contributed by atoms with E-state index in [-0.39, 0.29) is 12.4 Å². The highest BCUT2D eigenvalue weighted by Gasteiger charge is 2.15. The average Bonchev–Trinajstić information content (AvgIpc) is 2.96. The molecule has 1 aliphatic heterocycles. The van der Waals surface area contributed by atoms with E-state index in [1.165, 1.54) is 5.56 Å². The fourth-order valence-corrected chi connectivity index (χ4v) is 1.92. The molecule has 96 valence electrons. The van der Waals surface area contributed by atoms with Crippen LogP contribution < -0.4 is 10.1 Å². The minimum absolute atomic E-state index is 0. The predicted octanol–water partition coefficient (Wildman–Crippen LogP) is 1.81. The topological polar surface area (TPSA) is 60.2 Å². The molecule has 0 amide bonds. The summed E-state index contributed by atoms with van der Waals surface area (Å²) in [6.07, 6.45) is 0.949. The zero-order valence-corrected chi connectivity index (χ0v) is 10.8. The molecule has 1 aromatic heterocycles. The summed E-state index contributed by atoms with van der Waals surface area (Å²) in [6.45, 7) is 1.34. The van der Waals surface area contributed by atoms with Crippen LogP contribution in [0.1, 0.15) is 11.5 Å². The van der Waals surface area contributed by atoms with Crippen LogP contribution in [-0.2, 0) is 13.0 Å². The Balaban J connectivity index is 0.00000120. The van der Waals surface area contributed by atoms with E-state index in [2.05, 4.69) is 21.5 Å². The average molecular weight is 268 g/mol. The van der Waals surface area contributed by atoms with Crippen LogP contribution >= 0.6 is 12.4 Å². The zero-order chi connectivity index (χ0) is 11.7. The maximum Gasteiger partial charge on any atom is 0.240 e. The van der Waals surface area contributed by atoms with Crippen molar-refractivity contribution in [1.82, 2.24) is 15.5 Å². The molecule has 0 bridgehead atoms. The first kappa shape index (κ1) is 12.9. The molecular weight excluding hydrogens is 254 g/mol. The Morgan fingerprint density at radius 3 is 3.11 bits per heavy atom. The standard InChI is InChI=1S/C12H13N3O2.ClH/c1-13-7-11-14-12(15-17-11)9-2-3-10-8(6-9)4-5-16-10;/h2-3,6,13H,4-5,7H2,1H3;1H. The molecule has 1 N–H and O–H groups in total. The number of fused-ring (bicyclic) bond motifs is 1. The molecule has 5 nitrogen and oxygen atoms in total. The number of benzene rings is 1. The van der Waals surface area contributed by atoms with Gasteiger partial charge in [0.1, 0.15) is 5.75 Å². The molecule has 6 heteroatoms. The van der Waals surface area contributed by atoms with Gasteiger partial charge in [0, 0.05) is 12.0 Å². The van der Waals surface area contributed by atoms with Crippen molar-refractivity contribution in [2.75, 3.05) is 13.7 Å². The summed E-state index contributed by atoms with van der Waals surface area (Å²) in [5, 5.41) is 6.94. The fourth-order valence-electron chi connectivity index (χ4n) is 1.92. The van der Waals surface area contributed by atoms with E-state index in [9.17, 15) is 0 Å². The third kappa shape index (κ3) is 2.32. The van der Waals surface area contributed by atoms with E-state index < -0.39 is 0 Å². The molecule has 0 fully saturated rings. The maximum atomic E-state index is 5.46. The van der Waals surface area contributed by atoms with Gasteiger partial charge in [-0.3, -0.25) is 0 Å². The Bertz CT molecular complexity index is 542. The van der Waals surface area contributed by atoms with E-state index >= 15 is 0 Å². The largest absolute Gasteiger partial charge is 0.493 e. The molecule has 0 saturated heterocycles. The van der Waals surface area contributed by atoms with Crippen molar-refractivity contribution < 1.29 is 9.26 Å². The van der Waals surface area contributed by atoms with Crippen LogP contribution in [0.4, 0.5) is 0 Å². The number of hydrogen-bond donors (Lipinski definition) is 1. The lowest BCUT2D eigenvalue weighted by atomic mass is 10.1. The van der Waals surface area contributed by atoms with Crippen LogP contribution in [-0.4, -0.2) is 23.8 Å². The number of ether oxygens (including phenoxy) is 1. The summed E-state index contributed by atoms with van der Waals surface area (Å²) < 4.78 is 10.6. The summed E-state index contributed by atoms with van der Waals surface area (Å²) in [7, 11) is 1.84. The van der Waals surface area contributed by atoms with Crippen LogP contribution in [0.15, 0.2) is 22.7 Å². The van der Waals surface area contributed by atoms with Gasteiger partial charge in [0.2, 0.25) is 11.7 Å². The smallest absolute Gasteiger partial charge is 0.240 e. The monoisotopic (exact) mass is 267 g/mol. The van der Waals surface area contributed by atoms with Gasteiger partial charge < -0.3 is 14.6 Å². The van der Waals surface area contributed by atoms with Crippen LogP contribution in [0, 0.1) is 0 Å². The first-order chi connectivity index (χ1) is 8.36. The van der Waals surface area contributed by atoms with Gasteiger partial charge >= 0.3 is 0 Å². The van der Waals surface area contributed by atoms with Gasteiger partial charge in [0.05, 0.1) is 13.2 Å². The van der Waals surface area contributed by atoms with Gasteiger partial charge in [-0.2, -0.15) is 4.98 Å². The molecule has 0 radical (unpaired) electrons. The van der Waals surface area contributed by atoms with Gasteiger partial charge in [-0.1, -0.05) is 5.16 Å². The van der Waals surface area contributed by atoms with E-state index in [1.807, 2.05) is 19.2 Å². The highest BCUT2D eigenvalue weighted by molar-refractivity contribution is 5.85. The first-order valence-corrected chi connectivity index (χ1v) is 5.60. The van der Waals surface area contributed by atoms with Crippen LogP contribution in [0.3, 0.4) is 0 Å². The normalized spacial score (nSPS) is 12.7. The van der Waals surface area contributed by atoms with Crippen molar-refractivity contribution in [3.63, 3.8) is 0 Å². The van der Waals surface area contributed by atoms with Gasteiger partial charge in [0.15, 0.2) is 0 Å². The molecule has 0 saturated carbocycles. The lowest BCUT2D eigenvalue weighted by molar-refractivity contribution is 0.357. The third-order valence-electron chi connectivity index (χ3n) is 2.74. The molecule has 1 aliphatic rings. The predicted molar refractivity (Wildman–Crippen MR) is 68.9 cm³/mol.